The summed E-state index contributed by atoms with van der Waals surface area (Å²) in [4.78, 5) is 12.0. The molecular weight excluding hydrogens is 375 g/mol. The van der Waals surface area contributed by atoms with Gasteiger partial charge >= 0.3 is 0 Å². The van der Waals surface area contributed by atoms with Gasteiger partial charge in [0.05, 0.1) is 0 Å². The van der Waals surface area contributed by atoms with Crippen LogP contribution in [0.5, 0.6) is 0 Å². The third kappa shape index (κ3) is 5.28. The number of hydrogen-bond acceptors (Lipinski definition) is 2. The fraction of sp³-hybridized carbons (Fsp3) is 0.500. The molecule has 2 unspecified atom stereocenters. The second-order valence-electron chi connectivity index (χ2n) is 4.97. The molecular formula is C14H20ClIN2O. The van der Waals surface area contributed by atoms with Gasteiger partial charge in [-0.25, -0.2) is 0 Å². The van der Waals surface area contributed by atoms with E-state index in [2.05, 4.69) is 27.9 Å². The minimum Gasteiger partial charge on any atom is -0.327 e. The predicted molar refractivity (Wildman–Crippen MR) is 89.6 cm³/mol. The van der Waals surface area contributed by atoms with Crippen LogP contribution in [-0.2, 0) is 4.79 Å². The van der Waals surface area contributed by atoms with E-state index in [-0.39, 0.29) is 24.4 Å². The number of nitrogens with two attached hydrogens (primary N) is 1. The van der Waals surface area contributed by atoms with Gasteiger partial charge in [-0.2, -0.15) is 0 Å². The van der Waals surface area contributed by atoms with Crippen molar-refractivity contribution in [2.75, 3.05) is 5.32 Å². The summed E-state index contributed by atoms with van der Waals surface area (Å²) in [5.74, 6) is 0.431. The quantitative estimate of drug-likeness (QED) is 0.770. The molecule has 1 amide bonds. The monoisotopic (exact) mass is 394 g/mol. The summed E-state index contributed by atoms with van der Waals surface area (Å²) in [5.41, 5.74) is 6.94. The Bertz CT molecular complexity index is 428. The maximum absolute atomic E-state index is 12.0. The van der Waals surface area contributed by atoms with E-state index in [0.29, 0.717) is 12.3 Å². The first-order chi connectivity index (χ1) is 8.65. The van der Waals surface area contributed by atoms with E-state index in [9.17, 15) is 4.79 Å². The van der Waals surface area contributed by atoms with Crippen LogP contribution in [0.15, 0.2) is 24.3 Å². The highest BCUT2D eigenvalue weighted by Gasteiger charge is 2.24. The SMILES string of the molecule is Cl.NC1CCCCC1CC(=O)Nc1cccc(I)c1. The van der Waals surface area contributed by atoms with Crippen LogP contribution in [0.25, 0.3) is 0 Å². The van der Waals surface area contributed by atoms with Gasteiger partial charge in [-0.1, -0.05) is 18.9 Å². The Morgan fingerprint density at radius 1 is 1.37 bits per heavy atom. The maximum Gasteiger partial charge on any atom is 0.224 e. The van der Waals surface area contributed by atoms with Gasteiger partial charge in [0.1, 0.15) is 0 Å². The van der Waals surface area contributed by atoms with Gasteiger partial charge in [0.25, 0.3) is 0 Å². The molecule has 0 heterocycles. The zero-order chi connectivity index (χ0) is 13.0. The lowest BCUT2D eigenvalue weighted by molar-refractivity contribution is -0.117. The third-order valence-electron chi connectivity index (χ3n) is 3.52. The topological polar surface area (TPSA) is 55.1 Å². The molecule has 106 valence electrons. The van der Waals surface area contributed by atoms with E-state index in [1.54, 1.807) is 0 Å². The van der Waals surface area contributed by atoms with E-state index in [1.807, 2.05) is 24.3 Å². The minimum absolute atomic E-state index is 0. The van der Waals surface area contributed by atoms with Crippen molar-refractivity contribution in [2.45, 2.75) is 38.1 Å². The van der Waals surface area contributed by atoms with E-state index in [1.165, 1.54) is 12.8 Å². The number of amides is 1. The minimum atomic E-state index is 0. The zero-order valence-corrected chi connectivity index (χ0v) is 13.7. The first kappa shape index (κ1) is 16.7. The zero-order valence-electron chi connectivity index (χ0n) is 10.8. The van der Waals surface area contributed by atoms with Gasteiger partial charge in [0.2, 0.25) is 5.91 Å². The Morgan fingerprint density at radius 2 is 2.11 bits per heavy atom. The first-order valence-corrected chi connectivity index (χ1v) is 7.54. The van der Waals surface area contributed by atoms with Gasteiger partial charge in [-0.05, 0) is 59.5 Å². The first-order valence-electron chi connectivity index (χ1n) is 6.46. The number of halogens is 2. The van der Waals surface area contributed by atoms with Gasteiger partial charge < -0.3 is 11.1 Å². The van der Waals surface area contributed by atoms with Crippen LogP contribution < -0.4 is 11.1 Å². The van der Waals surface area contributed by atoms with Crippen LogP contribution in [0.3, 0.4) is 0 Å². The highest BCUT2D eigenvalue weighted by molar-refractivity contribution is 14.1. The third-order valence-corrected chi connectivity index (χ3v) is 4.19. The van der Waals surface area contributed by atoms with Gasteiger partial charge in [0, 0.05) is 21.7 Å². The molecule has 0 radical (unpaired) electrons. The number of benzene rings is 1. The lowest BCUT2D eigenvalue weighted by Gasteiger charge is -2.27. The molecule has 0 aromatic heterocycles. The Labute approximate surface area is 134 Å². The Hall–Kier alpha value is -0.330. The second-order valence-corrected chi connectivity index (χ2v) is 6.22. The molecule has 0 spiro atoms. The summed E-state index contributed by atoms with van der Waals surface area (Å²) < 4.78 is 1.12. The van der Waals surface area contributed by atoms with Gasteiger partial charge in [-0.15, -0.1) is 12.4 Å². The van der Waals surface area contributed by atoms with Crippen LogP contribution in [0, 0.1) is 9.49 Å². The van der Waals surface area contributed by atoms with Gasteiger partial charge in [0.15, 0.2) is 0 Å². The number of anilines is 1. The molecule has 1 saturated carbocycles. The summed E-state index contributed by atoms with van der Waals surface area (Å²) in [6.07, 6.45) is 5.10. The average Bonchev–Trinajstić information content (AvgIpc) is 2.32. The van der Waals surface area contributed by atoms with Crippen LogP contribution in [0.4, 0.5) is 5.69 Å². The largest absolute Gasteiger partial charge is 0.327 e. The lowest BCUT2D eigenvalue weighted by Crippen LogP contribution is -2.35. The van der Waals surface area contributed by atoms with Crippen LogP contribution in [-0.4, -0.2) is 11.9 Å². The summed E-state index contributed by atoms with van der Waals surface area (Å²) in [5, 5.41) is 2.95. The lowest BCUT2D eigenvalue weighted by atomic mass is 9.83. The summed E-state index contributed by atoms with van der Waals surface area (Å²) in [6.45, 7) is 0. The fourth-order valence-corrected chi connectivity index (χ4v) is 3.05. The Balaban J connectivity index is 0.00000180. The average molecular weight is 395 g/mol. The van der Waals surface area contributed by atoms with E-state index in [4.69, 9.17) is 5.73 Å². The second kappa shape index (κ2) is 8.07. The molecule has 0 bridgehead atoms. The molecule has 1 aromatic rings. The molecule has 2 atom stereocenters. The van der Waals surface area contributed by atoms with Crippen molar-refractivity contribution >= 4 is 46.6 Å². The Kier molecular flexibility index (Phi) is 7.10. The highest BCUT2D eigenvalue weighted by atomic mass is 127. The fourth-order valence-electron chi connectivity index (χ4n) is 2.51. The number of nitrogens with one attached hydrogen (secondary N) is 1. The van der Waals surface area contributed by atoms with Crippen molar-refractivity contribution in [3.63, 3.8) is 0 Å². The van der Waals surface area contributed by atoms with E-state index in [0.717, 1.165) is 22.1 Å². The van der Waals surface area contributed by atoms with E-state index >= 15 is 0 Å². The summed E-state index contributed by atoms with van der Waals surface area (Å²) >= 11 is 2.24. The molecule has 19 heavy (non-hydrogen) atoms. The van der Waals surface area contributed by atoms with Crippen molar-refractivity contribution in [3.8, 4) is 0 Å². The van der Waals surface area contributed by atoms with Crippen LogP contribution in [0.1, 0.15) is 32.1 Å². The van der Waals surface area contributed by atoms with E-state index < -0.39 is 0 Å². The standard InChI is InChI=1S/C14H19IN2O.ClH/c15-11-5-3-6-12(9-11)17-14(18)8-10-4-1-2-7-13(10)16;/h3,5-6,9-10,13H,1-2,4,7-8,16H2,(H,17,18);1H. The van der Waals surface area contributed by atoms with Crippen molar-refractivity contribution < 1.29 is 4.79 Å². The van der Waals surface area contributed by atoms with Crippen molar-refractivity contribution in [2.24, 2.45) is 11.7 Å². The van der Waals surface area contributed by atoms with Crippen LogP contribution in [0.2, 0.25) is 0 Å². The number of rotatable bonds is 3. The molecule has 0 saturated heterocycles. The molecule has 3 nitrogen and oxygen atoms in total. The molecule has 1 aromatic carbocycles. The van der Waals surface area contributed by atoms with Crippen LogP contribution >= 0.6 is 35.0 Å². The number of carbonyl (C=O) groups excluding carboxylic acids is 1. The van der Waals surface area contributed by atoms with Gasteiger partial charge in [-0.3, -0.25) is 4.79 Å². The summed E-state index contributed by atoms with van der Waals surface area (Å²) in [6, 6.07) is 8.04. The normalized spacial score (nSPS) is 22.4. The Morgan fingerprint density at radius 3 is 2.79 bits per heavy atom. The highest BCUT2D eigenvalue weighted by Crippen LogP contribution is 2.26. The van der Waals surface area contributed by atoms with Crippen molar-refractivity contribution in [1.29, 1.82) is 0 Å². The smallest absolute Gasteiger partial charge is 0.224 e. The summed E-state index contributed by atoms with van der Waals surface area (Å²) in [7, 11) is 0. The molecule has 1 fully saturated rings. The molecule has 1 aliphatic rings. The molecule has 3 N–H and O–H groups in total. The molecule has 0 aliphatic heterocycles. The number of hydrogen-bond donors (Lipinski definition) is 2. The van der Waals surface area contributed by atoms with Crippen molar-refractivity contribution in [3.05, 3.63) is 27.8 Å². The maximum atomic E-state index is 12.0. The predicted octanol–water partition coefficient (Wildman–Crippen LogP) is 3.56. The molecule has 2 rings (SSSR count). The molecule has 1 aliphatic carbocycles. The number of carbonyl (C=O) groups is 1. The molecule has 5 heteroatoms. The van der Waals surface area contributed by atoms with Crippen molar-refractivity contribution in [1.82, 2.24) is 0 Å².